The molecule has 1 aliphatic rings. The van der Waals surface area contributed by atoms with Crippen molar-refractivity contribution in [1.29, 1.82) is 0 Å². The first-order chi connectivity index (χ1) is 19.1. The predicted octanol–water partition coefficient (Wildman–Crippen LogP) is 4.96. The average molecular weight is 543 g/mol. The van der Waals surface area contributed by atoms with Gasteiger partial charge in [-0.05, 0) is 23.3 Å². The van der Waals surface area contributed by atoms with Crippen molar-refractivity contribution in [2.45, 2.75) is 6.04 Å². The molecule has 4 aromatic rings. The lowest BCUT2D eigenvalue weighted by molar-refractivity contribution is 0.0592. The molecule has 1 N–H and O–H groups in total. The summed E-state index contributed by atoms with van der Waals surface area (Å²) in [5.74, 6) is 0.526. The molecule has 8 nitrogen and oxygen atoms in total. The summed E-state index contributed by atoms with van der Waals surface area (Å²) in [4.78, 5) is 34.7. The van der Waals surface area contributed by atoms with Crippen LogP contribution >= 0.6 is 11.3 Å². The van der Waals surface area contributed by atoms with Gasteiger partial charge in [0.25, 0.3) is 11.8 Å². The number of ether oxygens (including phenoxy) is 2. The summed E-state index contributed by atoms with van der Waals surface area (Å²) in [6, 6.07) is 26.0. The molecule has 0 atom stereocenters. The van der Waals surface area contributed by atoms with E-state index in [1.807, 2.05) is 17.0 Å². The van der Waals surface area contributed by atoms with E-state index in [-0.39, 0.29) is 17.9 Å². The minimum Gasteiger partial charge on any atom is -0.497 e. The summed E-state index contributed by atoms with van der Waals surface area (Å²) in [7, 11) is 3.05. The third-order valence-electron chi connectivity index (χ3n) is 6.75. The molecular weight excluding hydrogens is 512 g/mol. The van der Waals surface area contributed by atoms with Crippen LogP contribution in [-0.4, -0.2) is 67.0 Å². The van der Waals surface area contributed by atoms with Gasteiger partial charge in [-0.25, -0.2) is 4.98 Å². The van der Waals surface area contributed by atoms with E-state index in [1.165, 1.54) is 36.7 Å². The van der Waals surface area contributed by atoms with Crippen molar-refractivity contribution in [2.75, 3.05) is 45.7 Å². The summed E-state index contributed by atoms with van der Waals surface area (Å²) in [6.07, 6.45) is 0. The highest BCUT2D eigenvalue weighted by Crippen LogP contribution is 2.30. The zero-order valence-electron chi connectivity index (χ0n) is 21.9. The average Bonchev–Trinajstić information content (AvgIpc) is 3.46. The SMILES string of the molecule is COc1cc(OC)cc(C(=O)Nc2nc(C(=O)N3CCN(C(c4ccccc4)c4ccccc4)CC3)cs2)c1. The molecule has 0 bridgehead atoms. The monoisotopic (exact) mass is 542 g/mol. The van der Waals surface area contributed by atoms with E-state index in [0.717, 1.165) is 13.1 Å². The summed E-state index contributed by atoms with van der Waals surface area (Å²) < 4.78 is 10.5. The molecule has 9 heteroatoms. The Morgan fingerprint density at radius 3 is 1.95 bits per heavy atom. The minimum atomic E-state index is -0.359. The van der Waals surface area contributed by atoms with E-state index < -0.39 is 0 Å². The lowest BCUT2D eigenvalue weighted by Crippen LogP contribution is -2.50. The summed E-state index contributed by atoms with van der Waals surface area (Å²) >= 11 is 1.22. The van der Waals surface area contributed by atoms with Crippen molar-refractivity contribution >= 4 is 28.3 Å². The van der Waals surface area contributed by atoms with Crippen LogP contribution < -0.4 is 14.8 Å². The van der Waals surface area contributed by atoms with Crippen molar-refractivity contribution in [1.82, 2.24) is 14.8 Å². The number of aromatic nitrogens is 1. The molecule has 39 heavy (non-hydrogen) atoms. The number of nitrogens with zero attached hydrogens (tertiary/aromatic N) is 3. The maximum Gasteiger partial charge on any atom is 0.273 e. The zero-order chi connectivity index (χ0) is 27.2. The Hall–Kier alpha value is -4.21. The Bertz CT molecular complexity index is 1360. The van der Waals surface area contributed by atoms with Gasteiger partial charge in [0.2, 0.25) is 0 Å². The van der Waals surface area contributed by atoms with Crippen LogP contribution in [0.1, 0.15) is 38.0 Å². The second kappa shape index (κ2) is 12.1. The highest BCUT2D eigenvalue weighted by atomic mass is 32.1. The van der Waals surface area contributed by atoms with Gasteiger partial charge in [0.05, 0.1) is 20.3 Å². The van der Waals surface area contributed by atoms with Crippen LogP contribution in [0.25, 0.3) is 0 Å². The molecule has 1 aliphatic heterocycles. The molecule has 1 saturated heterocycles. The smallest absolute Gasteiger partial charge is 0.273 e. The van der Waals surface area contributed by atoms with Crippen molar-refractivity contribution in [2.24, 2.45) is 0 Å². The van der Waals surface area contributed by atoms with Gasteiger partial charge in [-0.2, -0.15) is 0 Å². The zero-order valence-corrected chi connectivity index (χ0v) is 22.7. The number of nitrogens with one attached hydrogen (secondary N) is 1. The van der Waals surface area contributed by atoms with Crippen LogP contribution in [0.5, 0.6) is 11.5 Å². The second-order valence-corrected chi connectivity index (χ2v) is 10.0. The number of piperazine rings is 1. The molecule has 0 unspecified atom stereocenters. The number of thiazole rings is 1. The molecule has 0 radical (unpaired) electrons. The lowest BCUT2D eigenvalue weighted by Gasteiger charge is -2.39. The maximum absolute atomic E-state index is 13.3. The molecule has 3 aromatic carbocycles. The van der Waals surface area contributed by atoms with E-state index in [0.29, 0.717) is 41.0 Å². The second-order valence-electron chi connectivity index (χ2n) is 9.15. The van der Waals surface area contributed by atoms with Gasteiger partial charge in [-0.15, -0.1) is 11.3 Å². The molecule has 5 rings (SSSR count). The van der Waals surface area contributed by atoms with Crippen molar-refractivity contribution in [3.05, 3.63) is 107 Å². The van der Waals surface area contributed by atoms with Crippen LogP contribution in [0.3, 0.4) is 0 Å². The number of rotatable bonds is 8. The lowest BCUT2D eigenvalue weighted by atomic mass is 9.96. The van der Waals surface area contributed by atoms with Crippen molar-refractivity contribution < 1.29 is 19.1 Å². The summed E-state index contributed by atoms with van der Waals surface area (Å²) in [6.45, 7) is 2.67. The Morgan fingerprint density at radius 1 is 0.846 bits per heavy atom. The number of carbonyl (C=O) groups is 2. The topological polar surface area (TPSA) is 84.0 Å². The van der Waals surface area contributed by atoms with Gasteiger partial charge in [-0.3, -0.25) is 19.8 Å². The Kier molecular flexibility index (Phi) is 8.19. The molecule has 2 heterocycles. The largest absolute Gasteiger partial charge is 0.497 e. The molecule has 1 fully saturated rings. The van der Waals surface area contributed by atoms with Crippen LogP contribution in [-0.2, 0) is 0 Å². The standard InChI is InChI=1S/C30H30N4O4S/c1-37-24-17-23(18-25(19-24)38-2)28(35)32-30-31-26(20-39-30)29(36)34-15-13-33(14-16-34)27(21-9-5-3-6-10-21)22-11-7-4-8-12-22/h3-12,17-20,27H,13-16H2,1-2H3,(H,31,32,35). The molecule has 0 saturated carbocycles. The van der Waals surface area contributed by atoms with E-state index in [1.54, 1.807) is 23.6 Å². The molecular formula is C30H30N4O4S. The van der Waals surface area contributed by atoms with Gasteiger partial charge in [-0.1, -0.05) is 60.7 Å². The first-order valence-corrected chi connectivity index (χ1v) is 13.6. The quantitative estimate of drug-likeness (QED) is 0.339. The van der Waals surface area contributed by atoms with Gasteiger partial charge >= 0.3 is 0 Å². The first-order valence-electron chi connectivity index (χ1n) is 12.7. The number of amides is 2. The Labute approximate surface area is 231 Å². The molecule has 0 spiro atoms. The van der Waals surface area contributed by atoms with E-state index in [2.05, 4.69) is 63.7 Å². The Morgan fingerprint density at radius 2 is 1.41 bits per heavy atom. The molecule has 2 amide bonds. The third kappa shape index (κ3) is 6.10. The number of hydrogen-bond acceptors (Lipinski definition) is 7. The van der Waals surface area contributed by atoms with Crippen molar-refractivity contribution in [3.63, 3.8) is 0 Å². The van der Waals surface area contributed by atoms with Gasteiger partial charge < -0.3 is 14.4 Å². The number of hydrogen-bond donors (Lipinski definition) is 1. The summed E-state index contributed by atoms with van der Waals surface area (Å²) in [5.41, 5.74) is 3.17. The highest BCUT2D eigenvalue weighted by Gasteiger charge is 2.29. The predicted molar refractivity (Wildman–Crippen MR) is 152 cm³/mol. The molecule has 0 aliphatic carbocycles. The molecule has 200 valence electrons. The van der Waals surface area contributed by atoms with Gasteiger partial charge in [0.15, 0.2) is 5.13 Å². The van der Waals surface area contributed by atoms with Crippen LogP contribution in [0.15, 0.2) is 84.2 Å². The fraction of sp³-hybridized carbons (Fsp3) is 0.233. The fourth-order valence-electron chi connectivity index (χ4n) is 4.77. The third-order valence-corrected chi connectivity index (χ3v) is 7.51. The fourth-order valence-corrected chi connectivity index (χ4v) is 5.45. The van der Waals surface area contributed by atoms with Crippen LogP contribution in [0, 0.1) is 0 Å². The summed E-state index contributed by atoms with van der Waals surface area (Å²) in [5, 5.41) is 4.82. The number of benzene rings is 3. The van der Waals surface area contributed by atoms with E-state index in [9.17, 15) is 9.59 Å². The normalized spacial score (nSPS) is 13.8. The van der Waals surface area contributed by atoms with E-state index in [4.69, 9.17) is 9.47 Å². The van der Waals surface area contributed by atoms with Crippen LogP contribution in [0.4, 0.5) is 5.13 Å². The number of anilines is 1. The highest BCUT2D eigenvalue weighted by molar-refractivity contribution is 7.14. The van der Waals surface area contributed by atoms with Crippen molar-refractivity contribution in [3.8, 4) is 11.5 Å². The first kappa shape index (κ1) is 26.4. The van der Waals surface area contributed by atoms with E-state index >= 15 is 0 Å². The number of methoxy groups -OCH3 is 2. The maximum atomic E-state index is 13.3. The van der Waals surface area contributed by atoms with Gasteiger partial charge in [0, 0.05) is 43.2 Å². The Balaban J connectivity index is 1.23. The number of carbonyl (C=O) groups excluding carboxylic acids is 2. The van der Waals surface area contributed by atoms with Gasteiger partial charge in [0.1, 0.15) is 17.2 Å². The van der Waals surface area contributed by atoms with Crippen LogP contribution in [0.2, 0.25) is 0 Å². The molecule has 1 aromatic heterocycles. The minimum absolute atomic E-state index is 0.126.